The van der Waals surface area contributed by atoms with Gasteiger partial charge in [-0.2, -0.15) is 0 Å². The van der Waals surface area contributed by atoms with Crippen LogP contribution in [0.25, 0.3) is 0 Å². The Morgan fingerprint density at radius 2 is 2.00 bits per heavy atom. The van der Waals surface area contributed by atoms with Crippen LogP contribution in [-0.2, 0) is 4.79 Å². The molecule has 5 heteroatoms. The lowest BCUT2D eigenvalue weighted by Gasteiger charge is -2.06. The fourth-order valence-corrected chi connectivity index (χ4v) is 1.51. The van der Waals surface area contributed by atoms with Crippen molar-refractivity contribution in [2.45, 2.75) is 19.8 Å². The van der Waals surface area contributed by atoms with E-state index in [4.69, 9.17) is 0 Å². The molecule has 20 heavy (non-hydrogen) atoms. The maximum absolute atomic E-state index is 11.9. The van der Waals surface area contributed by atoms with Gasteiger partial charge in [0.2, 0.25) is 5.91 Å². The van der Waals surface area contributed by atoms with E-state index in [0.717, 1.165) is 6.42 Å². The second kappa shape index (κ2) is 9.15. The lowest BCUT2D eigenvalue weighted by Crippen LogP contribution is -2.11. The molecular weight excluding hydrogens is 276 g/mol. The van der Waals surface area contributed by atoms with Gasteiger partial charge in [-0.25, -0.2) is 0 Å². The largest absolute Gasteiger partial charge is 0.383 e. The lowest BCUT2D eigenvalue weighted by molar-refractivity contribution is -0.116. The van der Waals surface area contributed by atoms with Crippen molar-refractivity contribution in [2.75, 3.05) is 19.4 Å². The molecule has 0 unspecified atom stereocenters. The summed E-state index contributed by atoms with van der Waals surface area (Å²) in [5, 5.41) is 2.78. The van der Waals surface area contributed by atoms with Crippen LogP contribution in [0.1, 0.15) is 30.1 Å². The van der Waals surface area contributed by atoms with Gasteiger partial charge in [-0.15, -0.1) is 12.4 Å². The summed E-state index contributed by atoms with van der Waals surface area (Å²) in [4.78, 5) is 25.2. The molecule has 0 saturated heterocycles. The molecule has 1 N–H and O–H groups in total. The van der Waals surface area contributed by atoms with Crippen LogP contribution in [0.5, 0.6) is 0 Å². The second-order valence-corrected chi connectivity index (χ2v) is 4.52. The number of nitrogens with zero attached hydrogens (tertiary/aromatic N) is 1. The average molecular weight is 297 g/mol. The van der Waals surface area contributed by atoms with Gasteiger partial charge >= 0.3 is 0 Å². The summed E-state index contributed by atoms with van der Waals surface area (Å²) < 4.78 is 0. The Morgan fingerprint density at radius 3 is 2.60 bits per heavy atom. The number of nitrogens with one attached hydrogen (secondary N) is 1. The molecule has 0 saturated carbocycles. The summed E-state index contributed by atoms with van der Waals surface area (Å²) in [5.74, 6) is -0.115. The molecular formula is C15H21ClN2O2. The molecule has 0 radical (unpaired) electrons. The molecule has 0 aliphatic carbocycles. The first kappa shape index (κ1) is 18.2. The van der Waals surface area contributed by atoms with Crippen LogP contribution in [0.4, 0.5) is 5.69 Å². The van der Waals surface area contributed by atoms with Crippen molar-refractivity contribution in [2.24, 2.45) is 0 Å². The first-order chi connectivity index (χ1) is 9.02. The zero-order chi connectivity index (χ0) is 14.3. The third-order valence-corrected chi connectivity index (χ3v) is 2.43. The van der Waals surface area contributed by atoms with Gasteiger partial charge in [0, 0.05) is 44.0 Å². The number of rotatable bonds is 6. The predicted molar refractivity (Wildman–Crippen MR) is 84.4 cm³/mol. The number of carbonyl (C=O) groups is 2. The standard InChI is InChI=1S/C15H20N2O2.ClH/c1-4-6-15(19)16-13-8-5-7-12(11-13)14(18)9-10-17(2)3;/h5,7-11H,4,6H2,1-3H3,(H,16,19);1H. The van der Waals surface area contributed by atoms with E-state index < -0.39 is 0 Å². The van der Waals surface area contributed by atoms with Crippen molar-refractivity contribution >= 4 is 29.8 Å². The molecule has 0 heterocycles. The fourth-order valence-electron chi connectivity index (χ4n) is 1.51. The number of amides is 1. The highest BCUT2D eigenvalue weighted by atomic mass is 35.5. The summed E-state index contributed by atoms with van der Waals surface area (Å²) in [6, 6.07) is 6.96. The molecule has 4 nitrogen and oxygen atoms in total. The third-order valence-electron chi connectivity index (χ3n) is 2.43. The van der Waals surface area contributed by atoms with Crippen LogP contribution in [0, 0.1) is 0 Å². The van der Waals surface area contributed by atoms with Gasteiger partial charge < -0.3 is 10.2 Å². The SMILES string of the molecule is CCCC(=O)Nc1cccc(C(=O)C=CN(C)C)c1.Cl. The Morgan fingerprint density at radius 1 is 1.30 bits per heavy atom. The number of anilines is 1. The summed E-state index contributed by atoms with van der Waals surface area (Å²) >= 11 is 0. The number of allylic oxidation sites excluding steroid dienone is 1. The highest BCUT2D eigenvalue weighted by molar-refractivity contribution is 6.05. The van der Waals surface area contributed by atoms with E-state index in [0.29, 0.717) is 17.7 Å². The number of hydrogen-bond donors (Lipinski definition) is 1. The Labute approximate surface area is 126 Å². The molecule has 0 spiro atoms. The maximum Gasteiger partial charge on any atom is 0.224 e. The lowest BCUT2D eigenvalue weighted by atomic mass is 10.1. The predicted octanol–water partition coefficient (Wildman–Crippen LogP) is 3.11. The third kappa shape index (κ3) is 6.38. The van der Waals surface area contributed by atoms with E-state index in [1.807, 2.05) is 21.0 Å². The van der Waals surface area contributed by atoms with Crippen molar-refractivity contribution in [3.05, 3.63) is 42.1 Å². The molecule has 1 amide bonds. The van der Waals surface area contributed by atoms with E-state index in [2.05, 4.69) is 5.32 Å². The van der Waals surface area contributed by atoms with Gasteiger partial charge in [-0.3, -0.25) is 9.59 Å². The Balaban J connectivity index is 0.00000361. The van der Waals surface area contributed by atoms with Crippen molar-refractivity contribution in [1.29, 1.82) is 0 Å². The molecule has 0 atom stereocenters. The molecule has 0 aliphatic rings. The van der Waals surface area contributed by atoms with Crippen LogP contribution in [0.15, 0.2) is 36.5 Å². The first-order valence-electron chi connectivity index (χ1n) is 6.31. The van der Waals surface area contributed by atoms with E-state index in [1.54, 1.807) is 35.4 Å². The molecule has 1 aromatic carbocycles. The van der Waals surface area contributed by atoms with Crippen LogP contribution in [0.2, 0.25) is 0 Å². The van der Waals surface area contributed by atoms with Crippen molar-refractivity contribution in [3.8, 4) is 0 Å². The molecule has 0 aliphatic heterocycles. The van der Waals surface area contributed by atoms with Gasteiger partial charge in [0.05, 0.1) is 0 Å². The smallest absolute Gasteiger partial charge is 0.224 e. The number of halogens is 1. The number of benzene rings is 1. The minimum Gasteiger partial charge on any atom is -0.383 e. The zero-order valence-corrected chi connectivity index (χ0v) is 12.9. The highest BCUT2D eigenvalue weighted by Crippen LogP contribution is 2.12. The van der Waals surface area contributed by atoms with Crippen molar-refractivity contribution in [1.82, 2.24) is 4.90 Å². The fraction of sp³-hybridized carbons (Fsp3) is 0.333. The number of ketones is 1. The van der Waals surface area contributed by atoms with Crippen molar-refractivity contribution in [3.63, 3.8) is 0 Å². The molecule has 0 aromatic heterocycles. The summed E-state index contributed by atoms with van der Waals surface area (Å²) in [7, 11) is 3.70. The Bertz CT molecular complexity index is 485. The molecule has 1 rings (SSSR count). The van der Waals surface area contributed by atoms with Crippen LogP contribution in [0.3, 0.4) is 0 Å². The zero-order valence-electron chi connectivity index (χ0n) is 12.1. The minimum absolute atomic E-state index is 0. The quantitative estimate of drug-likeness (QED) is 0.648. The van der Waals surface area contributed by atoms with Crippen LogP contribution >= 0.6 is 12.4 Å². The van der Waals surface area contributed by atoms with E-state index in [-0.39, 0.29) is 24.1 Å². The van der Waals surface area contributed by atoms with E-state index >= 15 is 0 Å². The first-order valence-corrected chi connectivity index (χ1v) is 6.31. The van der Waals surface area contributed by atoms with E-state index in [9.17, 15) is 9.59 Å². The number of hydrogen-bond acceptors (Lipinski definition) is 3. The molecule has 1 aromatic rings. The monoisotopic (exact) mass is 296 g/mol. The van der Waals surface area contributed by atoms with Crippen molar-refractivity contribution < 1.29 is 9.59 Å². The summed E-state index contributed by atoms with van der Waals surface area (Å²) in [6.45, 7) is 1.95. The molecule has 110 valence electrons. The summed E-state index contributed by atoms with van der Waals surface area (Å²) in [6.07, 6.45) is 4.49. The molecule has 0 fully saturated rings. The second-order valence-electron chi connectivity index (χ2n) is 4.52. The van der Waals surface area contributed by atoms with Gasteiger partial charge in [-0.05, 0) is 18.6 Å². The van der Waals surface area contributed by atoms with Gasteiger partial charge in [0.15, 0.2) is 5.78 Å². The van der Waals surface area contributed by atoms with Gasteiger partial charge in [-0.1, -0.05) is 19.1 Å². The normalized spacial score (nSPS) is 9.95. The van der Waals surface area contributed by atoms with Crippen LogP contribution in [-0.4, -0.2) is 30.7 Å². The Hall–Kier alpha value is -1.81. The van der Waals surface area contributed by atoms with E-state index in [1.165, 1.54) is 6.08 Å². The van der Waals surface area contributed by atoms with Gasteiger partial charge in [0.25, 0.3) is 0 Å². The maximum atomic E-state index is 11.9. The Kier molecular flexibility index (Phi) is 8.32. The topological polar surface area (TPSA) is 49.4 Å². The summed E-state index contributed by atoms with van der Waals surface area (Å²) in [5.41, 5.74) is 1.22. The average Bonchev–Trinajstić information content (AvgIpc) is 2.36. The number of carbonyl (C=O) groups excluding carboxylic acids is 2. The van der Waals surface area contributed by atoms with Gasteiger partial charge in [0.1, 0.15) is 0 Å². The highest BCUT2D eigenvalue weighted by Gasteiger charge is 2.05. The van der Waals surface area contributed by atoms with Crippen LogP contribution < -0.4 is 5.32 Å². The molecule has 0 bridgehead atoms. The minimum atomic E-state index is -0.0831.